The van der Waals surface area contributed by atoms with E-state index in [0.717, 1.165) is 17.7 Å². The molecule has 2 unspecified atom stereocenters. The molecule has 86 valence electrons. The lowest BCUT2D eigenvalue weighted by molar-refractivity contribution is 0.494. The molecular formula is C13H17BrN2. The van der Waals surface area contributed by atoms with Gasteiger partial charge in [0.1, 0.15) is 5.82 Å². The van der Waals surface area contributed by atoms with Crippen LogP contribution in [0.2, 0.25) is 0 Å². The molecule has 1 aliphatic carbocycles. The molecule has 1 aromatic rings. The molecule has 0 N–H and O–H groups in total. The molecule has 1 aliphatic heterocycles. The summed E-state index contributed by atoms with van der Waals surface area (Å²) >= 11 is 3.67. The van der Waals surface area contributed by atoms with Gasteiger partial charge >= 0.3 is 0 Å². The molecule has 2 nitrogen and oxygen atoms in total. The number of halogens is 1. The molecule has 1 saturated heterocycles. The third-order valence-corrected chi connectivity index (χ3v) is 5.07. The number of fused-ring (bicyclic) bond motifs is 1. The van der Waals surface area contributed by atoms with E-state index in [4.69, 9.17) is 0 Å². The van der Waals surface area contributed by atoms with Gasteiger partial charge in [0.2, 0.25) is 0 Å². The second kappa shape index (κ2) is 4.02. The maximum Gasteiger partial charge on any atom is 0.143 e. The standard InChI is InChI=1S/C13H17BrN2/c1-9-5-6-15-13(12(9)14)16-7-10-3-2-4-11(10)8-16/h5-6,10-11H,2-4,7-8H2,1H3. The van der Waals surface area contributed by atoms with Gasteiger partial charge in [-0.2, -0.15) is 0 Å². The highest BCUT2D eigenvalue weighted by Crippen LogP contribution is 2.40. The zero-order valence-electron chi connectivity index (χ0n) is 9.62. The van der Waals surface area contributed by atoms with E-state index in [0.29, 0.717) is 0 Å². The highest BCUT2D eigenvalue weighted by molar-refractivity contribution is 9.10. The topological polar surface area (TPSA) is 16.1 Å². The Morgan fingerprint density at radius 2 is 2.00 bits per heavy atom. The molecule has 2 aliphatic rings. The summed E-state index contributed by atoms with van der Waals surface area (Å²) in [5.41, 5.74) is 1.28. The molecule has 1 saturated carbocycles. The van der Waals surface area contributed by atoms with Crippen LogP contribution in [0.3, 0.4) is 0 Å². The van der Waals surface area contributed by atoms with Crippen LogP contribution in [0.5, 0.6) is 0 Å². The third-order valence-electron chi connectivity index (χ3n) is 4.09. The predicted octanol–water partition coefficient (Wildman–Crippen LogP) is 3.39. The van der Waals surface area contributed by atoms with Gasteiger partial charge in [0.05, 0.1) is 4.47 Å². The molecule has 0 spiro atoms. The largest absolute Gasteiger partial charge is 0.355 e. The molecule has 2 fully saturated rings. The van der Waals surface area contributed by atoms with Crippen molar-refractivity contribution in [1.82, 2.24) is 4.98 Å². The van der Waals surface area contributed by atoms with Crippen molar-refractivity contribution in [3.8, 4) is 0 Å². The average molecular weight is 281 g/mol. The normalized spacial score (nSPS) is 28.5. The fourth-order valence-electron chi connectivity index (χ4n) is 3.15. The van der Waals surface area contributed by atoms with Crippen molar-refractivity contribution in [2.45, 2.75) is 26.2 Å². The first-order chi connectivity index (χ1) is 7.75. The van der Waals surface area contributed by atoms with Crippen LogP contribution >= 0.6 is 15.9 Å². The molecule has 0 aromatic carbocycles. The van der Waals surface area contributed by atoms with Gasteiger partial charge in [-0.15, -0.1) is 0 Å². The lowest BCUT2D eigenvalue weighted by Crippen LogP contribution is -2.22. The van der Waals surface area contributed by atoms with Crippen molar-refractivity contribution < 1.29 is 0 Å². The first kappa shape index (κ1) is 10.6. The molecule has 0 radical (unpaired) electrons. The van der Waals surface area contributed by atoms with Gasteiger partial charge in [-0.3, -0.25) is 0 Å². The predicted molar refractivity (Wildman–Crippen MR) is 69.7 cm³/mol. The molecule has 16 heavy (non-hydrogen) atoms. The molecular weight excluding hydrogens is 264 g/mol. The minimum atomic E-state index is 0.925. The number of aryl methyl sites for hydroxylation is 1. The van der Waals surface area contributed by atoms with Crippen LogP contribution in [0.25, 0.3) is 0 Å². The van der Waals surface area contributed by atoms with Crippen molar-refractivity contribution in [1.29, 1.82) is 0 Å². The highest BCUT2D eigenvalue weighted by Gasteiger charge is 2.37. The van der Waals surface area contributed by atoms with Crippen LogP contribution in [0.15, 0.2) is 16.7 Å². The number of nitrogens with zero attached hydrogens (tertiary/aromatic N) is 2. The van der Waals surface area contributed by atoms with E-state index in [1.807, 2.05) is 6.20 Å². The summed E-state index contributed by atoms with van der Waals surface area (Å²) in [6, 6.07) is 2.06. The zero-order chi connectivity index (χ0) is 11.1. The van der Waals surface area contributed by atoms with Crippen molar-refractivity contribution in [3.05, 3.63) is 22.3 Å². The molecule has 3 rings (SSSR count). The summed E-state index contributed by atoms with van der Waals surface area (Å²) in [6.07, 6.45) is 6.20. The summed E-state index contributed by atoms with van der Waals surface area (Å²) in [7, 11) is 0. The summed E-state index contributed by atoms with van der Waals surface area (Å²) in [6.45, 7) is 4.55. The SMILES string of the molecule is Cc1ccnc(N2CC3CCCC3C2)c1Br. The molecule has 1 aromatic heterocycles. The van der Waals surface area contributed by atoms with Gasteiger partial charge in [-0.25, -0.2) is 4.98 Å². The number of aromatic nitrogens is 1. The number of rotatable bonds is 1. The Labute approximate surface area is 105 Å². The number of pyridine rings is 1. The molecule has 2 heterocycles. The van der Waals surface area contributed by atoms with Crippen molar-refractivity contribution in [2.75, 3.05) is 18.0 Å². The van der Waals surface area contributed by atoms with Crippen molar-refractivity contribution >= 4 is 21.7 Å². The Morgan fingerprint density at radius 1 is 1.31 bits per heavy atom. The zero-order valence-corrected chi connectivity index (χ0v) is 11.2. The van der Waals surface area contributed by atoms with E-state index in [1.54, 1.807) is 0 Å². The summed E-state index contributed by atoms with van der Waals surface area (Å²) in [5, 5.41) is 0. The summed E-state index contributed by atoms with van der Waals surface area (Å²) in [5.74, 6) is 3.00. The van der Waals surface area contributed by atoms with Gasteiger partial charge in [-0.1, -0.05) is 6.42 Å². The van der Waals surface area contributed by atoms with Crippen LogP contribution < -0.4 is 4.90 Å². The van der Waals surface area contributed by atoms with Gasteiger partial charge < -0.3 is 4.90 Å². The van der Waals surface area contributed by atoms with Crippen LogP contribution in [-0.2, 0) is 0 Å². The highest BCUT2D eigenvalue weighted by atomic mass is 79.9. The minimum absolute atomic E-state index is 0.925. The number of hydrogen-bond donors (Lipinski definition) is 0. The van der Waals surface area contributed by atoms with Crippen LogP contribution in [-0.4, -0.2) is 18.1 Å². The maximum atomic E-state index is 4.53. The molecule has 2 atom stereocenters. The summed E-state index contributed by atoms with van der Waals surface area (Å²) in [4.78, 5) is 6.99. The van der Waals surface area contributed by atoms with Gasteiger partial charge in [0.25, 0.3) is 0 Å². The number of anilines is 1. The fraction of sp³-hybridized carbons (Fsp3) is 0.615. The van der Waals surface area contributed by atoms with Crippen molar-refractivity contribution in [2.24, 2.45) is 11.8 Å². The molecule has 0 bridgehead atoms. The van der Waals surface area contributed by atoms with E-state index in [2.05, 4.69) is 38.8 Å². The second-order valence-corrected chi connectivity index (χ2v) is 5.91. The Morgan fingerprint density at radius 3 is 2.69 bits per heavy atom. The number of hydrogen-bond acceptors (Lipinski definition) is 2. The van der Waals surface area contributed by atoms with E-state index in [1.165, 1.54) is 42.4 Å². The van der Waals surface area contributed by atoms with Crippen LogP contribution in [0.4, 0.5) is 5.82 Å². The lowest BCUT2D eigenvalue weighted by atomic mass is 10.0. The monoisotopic (exact) mass is 280 g/mol. The third kappa shape index (κ3) is 1.65. The van der Waals surface area contributed by atoms with E-state index >= 15 is 0 Å². The Balaban J connectivity index is 1.86. The van der Waals surface area contributed by atoms with Gasteiger partial charge in [0, 0.05) is 19.3 Å². The van der Waals surface area contributed by atoms with Gasteiger partial charge in [-0.05, 0) is 59.2 Å². The first-order valence-electron chi connectivity index (χ1n) is 6.12. The molecule has 3 heteroatoms. The maximum absolute atomic E-state index is 4.53. The van der Waals surface area contributed by atoms with E-state index in [9.17, 15) is 0 Å². The fourth-order valence-corrected chi connectivity index (χ4v) is 3.64. The second-order valence-electron chi connectivity index (χ2n) is 5.12. The van der Waals surface area contributed by atoms with Crippen LogP contribution in [0, 0.1) is 18.8 Å². The summed E-state index contributed by atoms with van der Waals surface area (Å²) < 4.78 is 1.18. The van der Waals surface area contributed by atoms with E-state index in [-0.39, 0.29) is 0 Å². The van der Waals surface area contributed by atoms with Gasteiger partial charge in [0.15, 0.2) is 0 Å². The Kier molecular flexibility index (Phi) is 2.66. The smallest absolute Gasteiger partial charge is 0.143 e. The molecule has 0 amide bonds. The van der Waals surface area contributed by atoms with Crippen LogP contribution in [0.1, 0.15) is 24.8 Å². The van der Waals surface area contributed by atoms with E-state index < -0.39 is 0 Å². The first-order valence-corrected chi connectivity index (χ1v) is 6.91. The average Bonchev–Trinajstić information content (AvgIpc) is 2.81. The Bertz CT molecular complexity index is 393. The van der Waals surface area contributed by atoms with Crippen molar-refractivity contribution in [3.63, 3.8) is 0 Å². The quantitative estimate of drug-likeness (QED) is 0.784. The lowest BCUT2D eigenvalue weighted by Gasteiger charge is -2.20. The minimum Gasteiger partial charge on any atom is -0.355 e. The Hall–Kier alpha value is -0.570.